The summed E-state index contributed by atoms with van der Waals surface area (Å²) in [7, 11) is 0. The molecule has 88 valence electrons. The second kappa shape index (κ2) is 6.31. The van der Waals surface area contributed by atoms with Gasteiger partial charge < -0.3 is 5.32 Å². The van der Waals surface area contributed by atoms with Crippen molar-refractivity contribution in [3.63, 3.8) is 0 Å². The fraction of sp³-hybridized carbons (Fsp3) is 0.500. The third-order valence-electron chi connectivity index (χ3n) is 3.01. The molecular formula is C14H21NO. The Labute approximate surface area is 98.1 Å². The molecule has 0 bridgehead atoms. The summed E-state index contributed by atoms with van der Waals surface area (Å²) in [6, 6.07) is 10.1. The second-order valence-corrected chi connectivity index (χ2v) is 4.15. The highest BCUT2D eigenvalue weighted by Gasteiger charge is 2.16. The molecule has 0 spiro atoms. The van der Waals surface area contributed by atoms with Crippen LogP contribution >= 0.6 is 0 Å². The number of carbonyl (C=O) groups excluding carboxylic acids is 1. The zero-order chi connectivity index (χ0) is 12.0. The van der Waals surface area contributed by atoms with Gasteiger partial charge in [0.1, 0.15) is 0 Å². The van der Waals surface area contributed by atoms with Crippen LogP contribution in [0.5, 0.6) is 0 Å². The molecule has 0 saturated heterocycles. The molecule has 0 radical (unpaired) electrons. The third kappa shape index (κ3) is 3.37. The summed E-state index contributed by atoms with van der Waals surface area (Å²) in [6.07, 6.45) is 1.81. The van der Waals surface area contributed by atoms with Gasteiger partial charge in [-0.3, -0.25) is 4.79 Å². The van der Waals surface area contributed by atoms with Crippen LogP contribution in [0.3, 0.4) is 0 Å². The second-order valence-electron chi connectivity index (χ2n) is 4.15. The zero-order valence-electron chi connectivity index (χ0n) is 10.4. The van der Waals surface area contributed by atoms with E-state index in [9.17, 15) is 4.79 Å². The Morgan fingerprint density at radius 1 is 1.19 bits per heavy atom. The summed E-state index contributed by atoms with van der Waals surface area (Å²) in [5.74, 6) is 0.313. The maximum absolute atomic E-state index is 11.9. The molecule has 1 atom stereocenters. The van der Waals surface area contributed by atoms with E-state index in [0.717, 1.165) is 18.4 Å². The van der Waals surface area contributed by atoms with Gasteiger partial charge >= 0.3 is 0 Å². The number of carbonyl (C=O) groups is 1. The molecule has 1 rings (SSSR count). The molecule has 1 aromatic rings. The molecule has 1 unspecified atom stereocenters. The predicted molar refractivity (Wildman–Crippen MR) is 67.1 cm³/mol. The van der Waals surface area contributed by atoms with E-state index in [4.69, 9.17) is 0 Å². The Morgan fingerprint density at radius 2 is 1.75 bits per heavy atom. The Balaban J connectivity index is 2.58. The van der Waals surface area contributed by atoms with Gasteiger partial charge in [0, 0.05) is 5.92 Å². The highest BCUT2D eigenvalue weighted by molar-refractivity contribution is 5.78. The van der Waals surface area contributed by atoms with Gasteiger partial charge in [0.25, 0.3) is 0 Å². The highest BCUT2D eigenvalue weighted by atomic mass is 16.1. The van der Waals surface area contributed by atoms with Crippen LogP contribution in [0.15, 0.2) is 30.3 Å². The van der Waals surface area contributed by atoms with Crippen LogP contribution in [0.2, 0.25) is 0 Å². The van der Waals surface area contributed by atoms with Crippen molar-refractivity contribution in [1.82, 2.24) is 5.32 Å². The van der Waals surface area contributed by atoms with Crippen LogP contribution in [0.4, 0.5) is 0 Å². The lowest BCUT2D eigenvalue weighted by Gasteiger charge is -2.18. The fourth-order valence-corrected chi connectivity index (χ4v) is 1.82. The van der Waals surface area contributed by atoms with Crippen LogP contribution in [-0.4, -0.2) is 5.91 Å². The average Bonchev–Trinajstić information content (AvgIpc) is 2.31. The smallest absolute Gasteiger partial charge is 0.223 e. The molecule has 0 saturated carbocycles. The minimum absolute atomic E-state index is 0.0919. The molecule has 2 heteroatoms. The van der Waals surface area contributed by atoms with E-state index in [2.05, 4.69) is 19.2 Å². The number of rotatable bonds is 5. The lowest BCUT2D eigenvalue weighted by atomic mass is 10.0. The largest absolute Gasteiger partial charge is 0.349 e. The Kier molecular flexibility index (Phi) is 5.03. The van der Waals surface area contributed by atoms with Gasteiger partial charge in [-0.1, -0.05) is 44.2 Å². The summed E-state index contributed by atoms with van der Waals surface area (Å²) in [5, 5.41) is 3.06. The monoisotopic (exact) mass is 219 g/mol. The predicted octanol–water partition coefficient (Wildman–Crippen LogP) is 3.30. The zero-order valence-corrected chi connectivity index (χ0v) is 10.4. The fourth-order valence-electron chi connectivity index (χ4n) is 1.82. The number of benzene rings is 1. The van der Waals surface area contributed by atoms with E-state index in [-0.39, 0.29) is 17.9 Å². The summed E-state index contributed by atoms with van der Waals surface area (Å²) < 4.78 is 0. The molecule has 0 aromatic heterocycles. The third-order valence-corrected chi connectivity index (χ3v) is 3.01. The van der Waals surface area contributed by atoms with E-state index in [1.165, 1.54) is 0 Å². The van der Waals surface area contributed by atoms with E-state index < -0.39 is 0 Å². The first kappa shape index (κ1) is 12.8. The van der Waals surface area contributed by atoms with Crippen molar-refractivity contribution in [3.8, 4) is 0 Å². The first-order valence-corrected chi connectivity index (χ1v) is 6.04. The Bertz CT molecular complexity index is 317. The molecule has 16 heavy (non-hydrogen) atoms. The van der Waals surface area contributed by atoms with Crippen LogP contribution in [0.1, 0.15) is 45.2 Å². The van der Waals surface area contributed by atoms with Crippen LogP contribution in [0.25, 0.3) is 0 Å². The molecule has 1 N–H and O–H groups in total. The summed E-state index contributed by atoms with van der Waals surface area (Å²) in [4.78, 5) is 11.9. The molecule has 0 aliphatic carbocycles. The van der Waals surface area contributed by atoms with Crippen molar-refractivity contribution < 1.29 is 4.79 Å². The molecule has 1 amide bonds. The van der Waals surface area contributed by atoms with E-state index in [0.29, 0.717) is 0 Å². The van der Waals surface area contributed by atoms with E-state index >= 15 is 0 Å². The van der Waals surface area contributed by atoms with Gasteiger partial charge in [-0.2, -0.15) is 0 Å². The van der Waals surface area contributed by atoms with Crippen molar-refractivity contribution in [1.29, 1.82) is 0 Å². The number of nitrogens with one attached hydrogen (secondary N) is 1. The van der Waals surface area contributed by atoms with Crippen molar-refractivity contribution in [2.75, 3.05) is 0 Å². The van der Waals surface area contributed by atoms with E-state index in [1.807, 2.05) is 37.3 Å². The molecule has 0 aliphatic heterocycles. The number of amides is 1. The van der Waals surface area contributed by atoms with Crippen LogP contribution in [-0.2, 0) is 4.79 Å². The van der Waals surface area contributed by atoms with Crippen LogP contribution < -0.4 is 5.32 Å². The number of hydrogen-bond acceptors (Lipinski definition) is 1. The highest BCUT2D eigenvalue weighted by Crippen LogP contribution is 2.14. The van der Waals surface area contributed by atoms with Gasteiger partial charge in [-0.15, -0.1) is 0 Å². The van der Waals surface area contributed by atoms with Gasteiger partial charge in [0.05, 0.1) is 6.04 Å². The maximum atomic E-state index is 11.9. The van der Waals surface area contributed by atoms with Gasteiger partial charge in [0.15, 0.2) is 0 Å². The van der Waals surface area contributed by atoms with Gasteiger partial charge in [-0.05, 0) is 25.3 Å². The molecule has 0 fully saturated rings. The quantitative estimate of drug-likeness (QED) is 0.809. The van der Waals surface area contributed by atoms with Crippen LogP contribution in [0, 0.1) is 5.92 Å². The summed E-state index contributed by atoms with van der Waals surface area (Å²) in [6.45, 7) is 6.14. The Morgan fingerprint density at radius 3 is 2.25 bits per heavy atom. The SMILES string of the molecule is CCC(CC)C(=O)NC(C)c1ccccc1. The maximum Gasteiger partial charge on any atom is 0.223 e. The Hall–Kier alpha value is -1.31. The normalized spacial score (nSPS) is 12.5. The topological polar surface area (TPSA) is 29.1 Å². The molecule has 0 heterocycles. The van der Waals surface area contributed by atoms with Crippen molar-refractivity contribution in [3.05, 3.63) is 35.9 Å². The molecule has 0 aliphatic rings. The van der Waals surface area contributed by atoms with Crippen molar-refractivity contribution >= 4 is 5.91 Å². The van der Waals surface area contributed by atoms with Gasteiger partial charge in [-0.25, -0.2) is 0 Å². The standard InChI is InChI=1S/C14H21NO/c1-4-12(5-2)14(16)15-11(3)13-9-7-6-8-10-13/h6-12H,4-5H2,1-3H3,(H,15,16). The van der Waals surface area contributed by atoms with E-state index in [1.54, 1.807) is 0 Å². The molecular weight excluding hydrogens is 198 g/mol. The lowest BCUT2D eigenvalue weighted by Crippen LogP contribution is -2.32. The minimum atomic E-state index is 0.0919. The first-order valence-electron chi connectivity index (χ1n) is 6.04. The summed E-state index contributed by atoms with van der Waals surface area (Å²) in [5.41, 5.74) is 1.15. The molecule has 1 aromatic carbocycles. The number of hydrogen-bond donors (Lipinski definition) is 1. The van der Waals surface area contributed by atoms with Crippen molar-refractivity contribution in [2.24, 2.45) is 5.92 Å². The summed E-state index contributed by atoms with van der Waals surface area (Å²) >= 11 is 0. The minimum Gasteiger partial charge on any atom is -0.349 e. The molecule has 2 nitrogen and oxygen atoms in total. The van der Waals surface area contributed by atoms with Crippen molar-refractivity contribution in [2.45, 2.75) is 39.7 Å². The van der Waals surface area contributed by atoms with Gasteiger partial charge in [0.2, 0.25) is 5.91 Å². The first-order chi connectivity index (χ1) is 7.69. The lowest BCUT2D eigenvalue weighted by molar-refractivity contribution is -0.125. The average molecular weight is 219 g/mol.